The molecule has 1 saturated heterocycles. The van der Waals surface area contributed by atoms with E-state index in [1.54, 1.807) is 0 Å². The minimum Gasteiger partial charge on any atom is -0.340 e. The van der Waals surface area contributed by atoms with Gasteiger partial charge in [0.1, 0.15) is 0 Å². The maximum Gasteiger partial charge on any atom is 0.236 e. The molecule has 1 aromatic rings. The van der Waals surface area contributed by atoms with Crippen LogP contribution >= 0.6 is 12.4 Å². The number of likely N-dealkylation sites (tertiary alicyclic amines) is 1. The summed E-state index contributed by atoms with van der Waals surface area (Å²) >= 11 is 0. The Morgan fingerprint density at radius 1 is 1.39 bits per heavy atom. The number of hydrogen-bond donors (Lipinski definition) is 1. The summed E-state index contributed by atoms with van der Waals surface area (Å²) in [6, 6.07) is 8.58. The molecule has 23 heavy (non-hydrogen) atoms. The van der Waals surface area contributed by atoms with E-state index >= 15 is 0 Å². The summed E-state index contributed by atoms with van der Waals surface area (Å²) in [7, 11) is 1.89. The number of piperidine rings is 1. The number of likely N-dealkylation sites (N-methyl/N-ethyl adjacent to an activating group) is 1. The molecule has 0 aliphatic carbocycles. The molecule has 1 amide bonds. The van der Waals surface area contributed by atoms with Crippen molar-refractivity contribution in [3.63, 3.8) is 0 Å². The summed E-state index contributed by atoms with van der Waals surface area (Å²) < 4.78 is 0. The molecule has 2 unspecified atom stereocenters. The van der Waals surface area contributed by atoms with Crippen molar-refractivity contribution in [2.75, 3.05) is 26.7 Å². The minimum atomic E-state index is 0. The number of halogens is 1. The zero-order valence-corrected chi connectivity index (χ0v) is 15.3. The van der Waals surface area contributed by atoms with Crippen molar-refractivity contribution in [1.82, 2.24) is 9.80 Å². The summed E-state index contributed by atoms with van der Waals surface area (Å²) in [4.78, 5) is 16.6. The first-order chi connectivity index (χ1) is 10.5. The van der Waals surface area contributed by atoms with Gasteiger partial charge in [0.25, 0.3) is 0 Å². The van der Waals surface area contributed by atoms with Gasteiger partial charge in [-0.15, -0.1) is 12.4 Å². The summed E-state index contributed by atoms with van der Waals surface area (Å²) in [5.74, 6) is 0.890. The quantitative estimate of drug-likeness (QED) is 0.896. The Hall–Kier alpha value is -1.10. The van der Waals surface area contributed by atoms with E-state index in [1.165, 1.54) is 11.1 Å². The van der Waals surface area contributed by atoms with E-state index in [0.29, 0.717) is 31.6 Å². The Kier molecular flexibility index (Phi) is 8.03. The second kappa shape index (κ2) is 9.26. The number of carbonyl (C=O) groups excluding carboxylic acids is 1. The fraction of sp³-hybridized carbons (Fsp3) is 0.611. The molecular formula is C18H30ClN3O. The first-order valence-corrected chi connectivity index (χ1v) is 8.23. The monoisotopic (exact) mass is 339 g/mol. The third-order valence-corrected chi connectivity index (χ3v) is 4.80. The lowest BCUT2D eigenvalue weighted by atomic mass is 9.92. The first-order valence-electron chi connectivity index (χ1n) is 8.23. The van der Waals surface area contributed by atoms with Gasteiger partial charge in [-0.2, -0.15) is 0 Å². The van der Waals surface area contributed by atoms with Crippen LogP contribution in [0.3, 0.4) is 0 Å². The van der Waals surface area contributed by atoms with E-state index in [1.807, 2.05) is 24.1 Å². The molecule has 0 spiro atoms. The van der Waals surface area contributed by atoms with Crippen LogP contribution in [-0.4, -0.2) is 48.4 Å². The van der Waals surface area contributed by atoms with Crippen molar-refractivity contribution in [3.8, 4) is 0 Å². The number of carbonyl (C=O) groups is 1. The zero-order valence-electron chi connectivity index (χ0n) is 14.5. The van der Waals surface area contributed by atoms with Gasteiger partial charge in [0.05, 0.1) is 6.54 Å². The number of aryl methyl sites for hydroxylation is 1. The third kappa shape index (κ3) is 5.48. The van der Waals surface area contributed by atoms with Crippen molar-refractivity contribution in [3.05, 3.63) is 35.4 Å². The number of hydrogen-bond acceptors (Lipinski definition) is 3. The second-order valence-electron chi connectivity index (χ2n) is 6.67. The molecule has 0 saturated carbocycles. The molecule has 2 rings (SSSR count). The molecule has 0 bridgehead atoms. The highest BCUT2D eigenvalue weighted by molar-refractivity contribution is 5.85. The van der Waals surface area contributed by atoms with Gasteiger partial charge in [0.2, 0.25) is 5.91 Å². The van der Waals surface area contributed by atoms with E-state index < -0.39 is 0 Å². The van der Waals surface area contributed by atoms with Crippen LogP contribution in [0.1, 0.15) is 30.9 Å². The Balaban J connectivity index is 0.00000264. The largest absolute Gasteiger partial charge is 0.340 e. The maximum atomic E-state index is 12.5. The topological polar surface area (TPSA) is 49.6 Å². The Morgan fingerprint density at radius 2 is 2.09 bits per heavy atom. The molecule has 0 aromatic heterocycles. The normalized spacial score (nSPS) is 21.6. The molecule has 2 atom stereocenters. The summed E-state index contributed by atoms with van der Waals surface area (Å²) in [6.45, 7) is 7.13. The predicted octanol–water partition coefficient (Wildman–Crippen LogP) is 2.43. The van der Waals surface area contributed by atoms with E-state index in [2.05, 4.69) is 30.9 Å². The molecule has 1 aliphatic rings. The van der Waals surface area contributed by atoms with Gasteiger partial charge in [-0.1, -0.05) is 31.2 Å². The van der Waals surface area contributed by atoms with Crippen LogP contribution < -0.4 is 5.73 Å². The average molecular weight is 340 g/mol. The lowest BCUT2D eigenvalue weighted by Gasteiger charge is -2.38. The summed E-state index contributed by atoms with van der Waals surface area (Å²) in [6.07, 6.45) is 2.26. The lowest BCUT2D eigenvalue weighted by molar-refractivity contribution is -0.132. The summed E-state index contributed by atoms with van der Waals surface area (Å²) in [5, 5.41) is 0. The number of benzene rings is 1. The van der Waals surface area contributed by atoms with E-state index in [4.69, 9.17) is 5.73 Å². The highest BCUT2D eigenvalue weighted by Crippen LogP contribution is 2.21. The number of nitrogens with two attached hydrogens (primary N) is 1. The molecule has 2 N–H and O–H groups in total. The molecule has 5 heteroatoms. The van der Waals surface area contributed by atoms with Gasteiger partial charge in [-0.05, 0) is 43.4 Å². The smallest absolute Gasteiger partial charge is 0.236 e. The number of rotatable bonds is 5. The van der Waals surface area contributed by atoms with E-state index in [-0.39, 0.29) is 18.3 Å². The van der Waals surface area contributed by atoms with Gasteiger partial charge in [0, 0.05) is 26.2 Å². The molecule has 130 valence electrons. The molecule has 1 fully saturated rings. The standard InChI is InChI=1S/C18H29N3O.ClH/c1-14-8-9-21(17(10-14)11-19)13-18(22)20(3)12-16-7-5-4-6-15(16)2;/h4-7,14,17H,8-13,19H2,1-3H3;1H. The van der Waals surface area contributed by atoms with E-state index in [0.717, 1.165) is 19.4 Å². The van der Waals surface area contributed by atoms with Gasteiger partial charge in [-0.25, -0.2) is 0 Å². The van der Waals surface area contributed by atoms with Crippen molar-refractivity contribution in [1.29, 1.82) is 0 Å². The van der Waals surface area contributed by atoms with Crippen molar-refractivity contribution < 1.29 is 4.79 Å². The lowest BCUT2D eigenvalue weighted by Crippen LogP contribution is -2.50. The average Bonchev–Trinajstić information content (AvgIpc) is 2.51. The molecule has 4 nitrogen and oxygen atoms in total. The Bertz CT molecular complexity index is 509. The highest BCUT2D eigenvalue weighted by atomic mass is 35.5. The van der Waals surface area contributed by atoms with Gasteiger partial charge >= 0.3 is 0 Å². The van der Waals surface area contributed by atoms with Crippen LogP contribution in [0.4, 0.5) is 0 Å². The van der Waals surface area contributed by atoms with Crippen LogP contribution in [0.2, 0.25) is 0 Å². The van der Waals surface area contributed by atoms with Crippen molar-refractivity contribution >= 4 is 18.3 Å². The Morgan fingerprint density at radius 3 is 2.74 bits per heavy atom. The molecular weight excluding hydrogens is 310 g/mol. The first kappa shape index (κ1) is 19.9. The van der Waals surface area contributed by atoms with Gasteiger partial charge in [-0.3, -0.25) is 9.69 Å². The zero-order chi connectivity index (χ0) is 16.1. The van der Waals surface area contributed by atoms with Crippen LogP contribution in [0.15, 0.2) is 24.3 Å². The third-order valence-electron chi connectivity index (χ3n) is 4.80. The number of amides is 1. The molecule has 1 aliphatic heterocycles. The van der Waals surface area contributed by atoms with Gasteiger partial charge < -0.3 is 10.6 Å². The van der Waals surface area contributed by atoms with Crippen LogP contribution in [0, 0.1) is 12.8 Å². The maximum absolute atomic E-state index is 12.5. The second-order valence-corrected chi connectivity index (χ2v) is 6.67. The van der Waals surface area contributed by atoms with E-state index in [9.17, 15) is 4.79 Å². The molecule has 1 aromatic carbocycles. The predicted molar refractivity (Wildman–Crippen MR) is 97.7 cm³/mol. The van der Waals surface area contributed by atoms with Gasteiger partial charge in [0.15, 0.2) is 0 Å². The molecule has 0 radical (unpaired) electrons. The van der Waals surface area contributed by atoms with Crippen LogP contribution in [-0.2, 0) is 11.3 Å². The minimum absolute atomic E-state index is 0. The van der Waals surface area contributed by atoms with Crippen LogP contribution in [0.25, 0.3) is 0 Å². The van der Waals surface area contributed by atoms with Crippen molar-refractivity contribution in [2.24, 2.45) is 11.7 Å². The van der Waals surface area contributed by atoms with Crippen LogP contribution in [0.5, 0.6) is 0 Å². The molecule has 1 heterocycles. The highest BCUT2D eigenvalue weighted by Gasteiger charge is 2.27. The summed E-state index contributed by atoms with van der Waals surface area (Å²) in [5.41, 5.74) is 8.32. The SMILES string of the molecule is Cc1ccccc1CN(C)C(=O)CN1CCC(C)CC1CN.Cl. The Labute approximate surface area is 146 Å². The fourth-order valence-electron chi connectivity index (χ4n) is 3.18. The van der Waals surface area contributed by atoms with Crippen molar-refractivity contribution in [2.45, 2.75) is 39.3 Å². The fourth-order valence-corrected chi connectivity index (χ4v) is 3.18. The number of nitrogens with zero attached hydrogens (tertiary/aromatic N) is 2.